The Kier molecular flexibility index (Phi) is 8.78. The number of hydrogen-bond acceptors (Lipinski definition) is 5. The third kappa shape index (κ3) is 7.46. The Hall–Kier alpha value is -3.06. The molecule has 1 fully saturated rings. The van der Waals surface area contributed by atoms with Crippen LogP contribution in [0.4, 0.5) is 11.4 Å². The van der Waals surface area contributed by atoms with E-state index in [1.54, 1.807) is 7.11 Å². The maximum atomic E-state index is 13.1. The molecule has 35 heavy (non-hydrogen) atoms. The fraction of sp³-hybridized carbons (Fsp3) is 0.500. The van der Waals surface area contributed by atoms with Crippen molar-refractivity contribution in [2.75, 3.05) is 30.9 Å². The number of amides is 2. The Bertz CT molecular complexity index is 1010. The number of likely N-dealkylation sites (tertiary alicyclic amines) is 1. The molecule has 190 valence electrons. The number of nitrogens with one attached hydrogen (secondary N) is 2. The summed E-state index contributed by atoms with van der Waals surface area (Å²) in [6.45, 7) is 12.0. The van der Waals surface area contributed by atoms with Crippen molar-refractivity contribution in [1.29, 1.82) is 0 Å². The molecule has 1 atom stereocenters. The zero-order chi connectivity index (χ0) is 25.6. The highest BCUT2D eigenvalue weighted by atomic mass is 16.5. The van der Waals surface area contributed by atoms with Gasteiger partial charge in [-0.3, -0.25) is 14.5 Å². The van der Waals surface area contributed by atoms with Crippen LogP contribution in [0.5, 0.6) is 11.5 Å². The van der Waals surface area contributed by atoms with Gasteiger partial charge in [-0.2, -0.15) is 0 Å². The third-order valence-electron chi connectivity index (χ3n) is 5.94. The number of rotatable bonds is 9. The first-order chi connectivity index (χ1) is 16.6. The minimum Gasteiger partial charge on any atom is -0.493 e. The molecule has 7 nitrogen and oxygen atoms in total. The molecular weight excluding hydrogens is 442 g/mol. The van der Waals surface area contributed by atoms with Gasteiger partial charge in [0.2, 0.25) is 11.8 Å². The lowest BCUT2D eigenvalue weighted by atomic mass is 9.95. The molecule has 1 unspecified atom stereocenters. The van der Waals surface area contributed by atoms with Crippen LogP contribution in [0.25, 0.3) is 0 Å². The monoisotopic (exact) mass is 481 g/mol. The van der Waals surface area contributed by atoms with Crippen LogP contribution in [0, 0.1) is 11.3 Å². The van der Waals surface area contributed by atoms with Gasteiger partial charge in [0.25, 0.3) is 0 Å². The van der Waals surface area contributed by atoms with Crippen molar-refractivity contribution in [3.63, 3.8) is 0 Å². The highest BCUT2D eigenvalue weighted by molar-refractivity contribution is 5.96. The largest absolute Gasteiger partial charge is 0.493 e. The van der Waals surface area contributed by atoms with Crippen LogP contribution in [0.2, 0.25) is 0 Å². The molecule has 1 heterocycles. The van der Waals surface area contributed by atoms with Crippen LogP contribution in [0.3, 0.4) is 0 Å². The van der Waals surface area contributed by atoms with Gasteiger partial charge in [0, 0.05) is 23.3 Å². The topological polar surface area (TPSA) is 79.9 Å². The summed E-state index contributed by atoms with van der Waals surface area (Å²) in [4.78, 5) is 27.5. The molecule has 2 amide bonds. The number of benzene rings is 2. The molecule has 1 aliphatic rings. The Morgan fingerprint density at radius 2 is 1.69 bits per heavy atom. The van der Waals surface area contributed by atoms with E-state index in [9.17, 15) is 9.59 Å². The van der Waals surface area contributed by atoms with Crippen molar-refractivity contribution < 1.29 is 19.1 Å². The predicted octanol–water partition coefficient (Wildman–Crippen LogP) is 5.32. The zero-order valence-electron chi connectivity index (χ0n) is 21.8. The van der Waals surface area contributed by atoms with E-state index >= 15 is 0 Å². The fourth-order valence-corrected chi connectivity index (χ4v) is 3.92. The fourth-order valence-electron chi connectivity index (χ4n) is 3.92. The summed E-state index contributed by atoms with van der Waals surface area (Å²) in [6, 6.07) is 13.0. The van der Waals surface area contributed by atoms with Gasteiger partial charge >= 0.3 is 0 Å². The van der Waals surface area contributed by atoms with E-state index in [4.69, 9.17) is 9.47 Å². The van der Waals surface area contributed by atoms with E-state index in [2.05, 4.69) is 29.4 Å². The first-order valence-corrected chi connectivity index (χ1v) is 12.3. The highest BCUT2D eigenvalue weighted by Crippen LogP contribution is 2.30. The maximum Gasteiger partial charge on any atom is 0.241 e. The first kappa shape index (κ1) is 26.5. The number of hydrogen-bond donors (Lipinski definition) is 2. The van der Waals surface area contributed by atoms with E-state index in [1.807, 2.05) is 63.2 Å². The van der Waals surface area contributed by atoms with Gasteiger partial charge in [-0.1, -0.05) is 40.7 Å². The summed E-state index contributed by atoms with van der Waals surface area (Å²) in [6.07, 6.45) is 1.79. The second-order valence-corrected chi connectivity index (χ2v) is 10.6. The first-order valence-electron chi connectivity index (χ1n) is 12.3. The number of ether oxygens (including phenoxy) is 2. The Labute approximate surface area is 209 Å². The summed E-state index contributed by atoms with van der Waals surface area (Å²) in [7, 11) is 1.64. The molecule has 7 heteroatoms. The van der Waals surface area contributed by atoms with E-state index in [0.717, 1.165) is 30.7 Å². The normalized spacial score (nSPS) is 16.3. The number of carbonyl (C=O) groups excluding carboxylic acids is 2. The SMILES string of the molecule is COc1ccc(CN2CCCC2C(=O)Nc2ccc(NC(=O)C(C)(C)C)cc2)cc1OCC(C)C. The lowest BCUT2D eigenvalue weighted by Crippen LogP contribution is -2.39. The van der Waals surface area contributed by atoms with Gasteiger partial charge in [0.05, 0.1) is 19.8 Å². The molecule has 0 bridgehead atoms. The van der Waals surface area contributed by atoms with Crippen LogP contribution < -0.4 is 20.1 Å². The lowest BCUT2D eigenvalue weighted by Gasteiger charge is -2.24. The number of carbonyl (C=O) groups is 2. The molecule has 0 aliphatic carbocycles. The standard InChI is InChI=1S/C28H39N3O4/c1-19(2)18-35-25-16-20(9-14-24(25)34-6)17-31-15-7-8-23(31)26(32)29-21-10-12-22(13-11-21)30-27(33)28(3,4)5/h9-14,16,19,23H,7-8,15,17-18H2,1-6H3,(H,29,32)(H,30,33). The van der Waals surface area contributed by atoms with E-state index in [-0.39, 0.29) is 17.9 Å². The molecule has 0 aromatic heterocycles. The van der Waals surface area contributed by atoms with Crippen LogP contribution in [-0.2, 0) is 16.1 Å². The molecule has 0 spiro atoms. The predicted molar refractivity (Wildman–Crippen MR) is 140 cm³/mol. The minimum absolute atomic E-state index is 0.0150. The average Bonchev–Trinajstić information content (AvgIpc) is 3.26. The zero-order valence-corrected chi connectivity index (χ0v) is 21.8. The Morgan fingerprint density at radius 1 is 1.03 bits per heavy atom. The quantitative estimate of drug-likeness (QED) is 0.507. The smallest absolute Gasteiger partial charge is 0.241 e. The summed E-state index contributed by atoms with van der Waals surface area (Å²) >= 11 is 0. The van der Waals surface area contributed by atoms with Gasteiger partial charge in [-0.05, 0) is 67.3 Å². The van der Waals surface area contributed by atoms with Crippen LogP contribution in [0.15, 0.2) is 42.5 Å². The van der Waals surface area contributed by atoms with Crippen molar-refractivity contribution in [2.24, 2.45) is 11.3 Å². The molecule has 2 N–H and O–H groups in total. The van der Waals surface area contributed by atoms with Gasteiger partial charge in [-0.15, -0.1) is 0 Å². The highest BCUT2D eigenvalue weighted by Gasteiger charge is 2.31. The molecule has 3 rings (SSSR count). The molecule has 2 aromatic rings. The van der Waals surface area contributed by atoms with Crippen molar-refractivity contribution in [3.8, 4) is 11.5 Å². The maximum absolute atomic E-state index is 13.1. The van der Waals surface area contributed by atoms with Crippen LogP contribution in [0.1, 0.15) is 53.0 Å². The van der Waals surface area contributed by atoms with Gasteiger partial charge in [-0.25, -0.2) is 0 Å². The second kappa shape index (κ2) is 11.6. The van der Waals surface area contributed by atoms with Crippen molar-refractivity contribution in [3.05, 3.63) is 48.0 Å². The van der Waals surface area contributed by atoms with Gasteiger partial charge in [0.1, 0.15) is 0 Å². The molecule has 2 aromatic carbocycles. The number of methoxy groups -OCH3 is 1. The van der Waals surface area contributed by atoms with E-state index in [0.29, 0.717) is 36.2 Å². The Balaban J connectivity index is 1.62. The van der Waals surface area contributed by atoms with Crippen LogP contribution >= 0.6 is 0 Å². The van der Waals surface area contributed by atoms with Crippen molar-refractivity contribution in [1.82, 2.24) is 4.90 Å². The van der Waals surface area contributed by atoms with E-state index < -0.39 is 5.41 Å². The lowest BCUT2D eigenvalue weighted by molar-refractivity contribution is -0.123. The molecule has 0 radical (unpaired) electrons. The summed E-state index contributed by atoms with van der Waals surface area (Å²) < 4.78 is 11.4. The number of nitrogens with zero attached hydrogens (tertiary/aromatic N) is 1. The van der Waals surface area contributed by atoms with Crippen molar-refractivity contribution >= 4 is 23.2 Å². The van der Waals surface area contributed by atoms with Gasteiger partial charge in [0.15, 0.2) is 11.5 Å². The Morgan fingerprint density at radius 3 is 2.29 bits per heavy atom. The van der Waals surface area contributed by atoms with Gasteiger partial charge < -0.3 is 20.1 Å². The summed E-state index contributed by atoms with van der Waals surface area (Å²) in [5.74, 6) is 1.80. The van der Waals surface area contributed by atoms with Crippen molar-refractivity contribution in [2.45, 2.75) is 60.0 Å². The third-order valence-corrected chi connectivity index (χ3v) is 5.94. The number of anilines is 2. The summed E-state index contributed by atoms with van der Waals surface area (Å²) in [5, 5.41) is 5.94. The van der Waals surface area contributed by atoms with E-state index in [1.165, 1.54) is 0 Å². The molecule has 1 saturated heterocycles. The minimum atomic E-state index is -0.468. The molecule has 0 saturated carbocycles. The average molecular weight is 482 g/mol. The summed E-state index contributed by atoms with van der Waals surface area (Å²) in [5.41, 5.74) is 2.04. The molecule has 1 aliphatic heterocycles. The molecular formula is C28H39N3O4. The van der Waals surface area contributed by atoms with Crippen LogP contribution in [-0.4, -0.2) is 43.0 Å². The second-order valence-electron chi connectivity index (χ2n) is 10.6.